The molecular formula is C13H6F2N4. The van der Waals surface area contributed by atoms with Crippen LogP contribution in [0, 0.1) is 23.0 Å². The summed E-state index contributed by atoms with van der Waals surface area (Å²) in [6.45, 7) is 0. The molecule has 0 aliphatic carbocycles. The topological polar surface area (TPSA) is 54.0 Å². The molecule has 4 nitrogen and oxygen atoms in total. The van der Waals surface area contributed by atoms with E-state index in [1.165, 1.54) is 16.9 Å². The molecule has 2 heterocycles. The van der Waals surface area contributed by atoms with Crippen molar-refractivity contribution in [1.82, 2.24) is 14.6 Å². The van der Waals surface area contributed by atoms with Crippen molar-refractivity contribution < 1.29 is 8.78 Å². The Morgan fingerprint density at radius 3 is 2.58 bits per heavy atom. The predicted octanol–water partition coefficient (Wildman–Crippen LogP) is 2.55. The first-order valence-electron chi connectivity index (χ1n) is 5.39. The molecular weight excluding hydrogens is 250 g/mol. The van der Waals surface area contributed by atoms with Gasteiger partial charge in [-0.2, -0.15) is 10.4 Å². The number of nitriles is 1. The summed E-state index contributed by atoms with van der Waals surface area (Å²) < 4.78 is 29.3. The fraction of sp³-hybridized carbons (Fsp3) is 0. The van der Waals surface area contributed by atoms with Crippen molar-refractivity contribution in [3.8, 4) is 17.3 Å². The van der Waals surface area contributed by atoms with Crippen LogP contribution in [-0.2, 0) is 0 Å². The summed E-state index contributed by atoms with van der Waals surface area (Å²) in [4.78, 5) is 3.95. The lowest BCUT2D eigenvalue weighted by atomic mass is 10.1. The highest BCUT2D eigenvalue weighted by Gasteiger charge is 2.16. The van der Waals surface area contributed by atoms with Crippen LogP contribution in [0.2, 0.25) is 0 Å². The fourth-order valence-corrected chi connectivity index (χ4v) is 1.92. The van der Waals surface area contributed by atoms with Crippen LogP contribution in [0.1, 0.15) is 5.56 Å². The van der Waals surface area contributed by atoms with Gasteiger partial charge in [-0.25, -0.2) is 18.3 Å². The number of nitrogens with zero attached hydrogens (tertiary/aromatic N) is 4. The van der Waals surface area contributed by atoms with Gasteiger partial charge >= 0.3 is 0 Å². The molecule has 2 aromatic heterocycles. The van der Waals surface area contributed by atoms with Crippen molar-refractivity contribution in [2.45, 2.75) is 0 Å². The van der Waals surface area contributed by atoms with E-state index in [2.05, 4.69) is 10.1 Å². The maximum atomic E-state index is 14.0. The summed E-state index contributed by atoms with van der Waals surface area (Å²) in [6, 6.07) is 8.54. The van der Waals surface area contributed by atoms with E-state index in [0.29, 0.717) is 5.65 Å². The molecule has 0 amide bonds. The van der Waals surface area contributed by atoms with Gasteiger partial charge in [-0.3, -0.25) is 0 Å². The Hall–Kier alpha value is -2.81. The number of rotatable bonds is 1. The van der Waals surface area contributed by atoms with Gasteiger partial charge in [0.05, 0.1) is 22.9 Å². The highest BCUT2D eigenvalue weighted by molar-refractivity contribution is 5.65. The molecule has 0 saturated heterocycles. The highest BCUT2D eigenvalue weighted by atomic mass is 19.1. The van der Waals surface area contributed by atoms with E-state index in [-0.39, 0.29) is 16.8 Å². The summed E-state index contributed by atoms with van der Waals surface area (Å²) in [5.41, 5.74) is 0.440. The van der Waals surface area contributed by atoms with E-state index in [1.54, 1.807) is 18.2 Å². The van der Waals surface area contributed by atoms with Crippen molar-refractivity contribution in [1.29, 1.82) is 5.26 Å². The number of aromatic nitrogens is 3. The van der Waals surface area contributed by atoms with Gasteiger partial charge in [-0.05, 0) is 24.3 Å². The third-order valence-corrected chi connectivity index (χ3v) is 2.73. The quantitative estimate of drug-likeness (QED) is 0.672. The monoisotopic (exact) mass is 256 g/mol. The minimum absolute atomic E-state index is 0.0653. The van der Waals surface area contributed by atoms with Gasteiger partial charge in [0.1, 0.15) is 18.0 Å². The minimum atomic E-state index is -0.806. The summed E-state index contributed by atoms with van der Waals surface area (Å²) in [7, 11) is 0. The summed E-state index contributed by atoms with van der Waals surface area (Å²) in [5, 5.41) is 12.6. The molecule has 1 aromatic carbocycles. The van der Waals surface area contributed by atoms with E-state index >= 15 is 0 Å². The molecule has 0 aliphatic rings. The third-order valence-electron chi connectivity index (χ3n) is 2.73. The largest absolute Gasteiger partial charge is 0.215 e. The van der Waals surface area contributed by atoms with Gasteiger partial charge in [0.15, 0.2) is 5.65 Å². The Balaban J connectivity index is 2.34. The van der Waals surface area contributed by atoms with E-state index in [4.69, 9.17) is 5.26 Å². The van der Waals surface area contributed by atoms with E-state index in [9.17, 15) is 8.78 Å². The molecule has 6 heteroatoms. The summed E-state index contributed by atoms with van der Waals surface area (Å²) >= 11 is 0. The predicted molar refractivity (Wildman–Crippen MR) is 63.1 cm³/mol. The lowest BCUT2D eigenvalue weighted by Crippen LogP contribution is -1.99. The Morgan fingerprint density at radius 1 is 1.16 bits per heavy atom. The molecule has 19 heavy (non-hydrogen) atoms. The Bertz CT molecular complexity index is 794. The van der Waals surface area contributed by atoms with Gasteiger partial charge in [0.2, 0.25) is 0 Å². The van der Waals surface area contributed by atoms with Crippen LogP contribution >= 0.6 is 0 Å². The van der Waals surface area contributed by atoms with Gasteiger partial charge < -0.3 is 0 Å². The third kappa shape index (κ3) is 1.72. The molecule has 0 spiro atoms. The van der Waals surface area contributed by atoms with E-state index < -0.39 is 11.6 Å². The van der Waals surface area contributed by atoms with Crippen molar-refractivity contribution in [3.63, 3.8) is 0 Å². The first-order valence-corrected chi connectivity index (χ1v) is 5.39. The van der Waals surface area contributed by atoms with Gasteiger partial charge in [0.25, 0.3) is 0 Å². The van der Waals surface area contributed by atoms with Crippen molar-refractivity contribution in [2.24, 2.45) is 0 Å². The lowest BCUT2D eigenvalue weighted by molar-refractivity contribution is 0.586. The molecule has 0 atom stereocenters. The first-order chi connectivity index (χ1) is 9.20. The molecule has 92 valence electrons. The highest BCUT2D eigenvalue weighted by Crippen LogP contribution is 2.27. The van der Waals surface area contributed by atoms with Gasteiger partial charge in [0, 0.05) is 0 Å². The molecule has 0 N–H and O–H groups in total. The zero-order valence-corrected chi connectivity index (χ0v) is 9.51. The maximum Gasteiger partial charge on any atom is 0.155 e. The summed E-state index contributed by atoms with van der Waals surface area (Å²) in [5.74, 6) is -1.61. The second-order valence-electron chi connectivity index (χ2n) is 3.87. The van der Waals surface area contributed by atoms with Crippen LogP contribution in [0.25, 0.3) is 16.9 Å². The Morgan fingerprint density at radius 2 is 1.89 bits per heavy atom. The number of hydrogen-bond acceptors (Lipinski definition) is 3. The molecule has 0 bridgehead atoms. The smallest absolute Gasteiger partial charge is 0.155 e. The van der Waals surface area contributed by atoms with Crippen LogP contribution in [0.15, 0.2) is 36.7 Å². The zero-order chi connectivity index (χ0) is 13.4. The van der Waals surface area contributed by atoms with Gasteiger partial charge in [-0.1, -0.05) is 6.07 Å². The zero-order valence-electron chi connectivity index (χ0n) is 9.51. The van der Waals surface area contributed by atoms with Crippen molar-refractivity contribution in [3.05, 3.63) is 53.9 Å². The molecule has 0 radical (unpaired) electrons. The SMILES string of the molecule is N#Cc1cc(F)c(-c2cccc3ncnn23)c(F)c1. The molecule has 3 aromatic rings. The molecule has 0 aliphatic heterocycles. The number of pyridine rings is 1. The Labute approximate surface area is 106 Å². The molecule has 3 rings (SSSR count). The minimum Gasteiger partial charge on any atom is -0.215 e. The van der Waals surface area contributed by atoms with Gasteiger partial charge in [-0.15, -0.1) is 0 Å². The Kier molecular flexibility index (Phi) is 2.46. The molecule has 0 saturated carbocycles. The van der Waals surface area contributed by atoms with Crippen molar-refractivity contribution in [2.75, 3.05) is 0 Å². The average Bonchev–Trinajstić information content (AvgIpc) is 2.86. The molecule has 0 fully saturated rings. The van der Waals surface area contributed by atoms with Crippen LogP contribution in [0.4, 0.5) is 8.78 Å². The van der Waals surface area contributed by atoms with Crippen LogP contribution in [0.3, 0.4) is 0 Å². The standard InChI is InChI=1S/C13H6F2N4/c14-9-4-8(6-16)5-10(15)13(9)11-2-1-3-12-17-7-18-19(11)12/h1-5,7H. The average molecular weight is 256 g/mol. The fourth-order valence-electron chi connectivity index (χ4n) is 1.92. The number of halogens is 2. The van der Waals surface area contributed by atoms with E-state index in [1.807, 2.05) is 0 Å². The summed E-state index contributed by atoms with van der Waals surface area (Å²) in [6.07, 6.45) is 1.30. The number of hydrogen-bond donors (Lipinski definition) is 0. The first kappa shape index (κ1) is 11.3. The molecule has 0 unspecified atom stereocenters. The van der Waals surface area contributed by atoms with E-state index in [0.717, 1.165) is 12.1 Å². The normalized spacial score (nSPS) is 10.6. The number of fused-ring (bicyclic) bond motifs is 1. The number of benzene rings is 1. The van der Waals surface area contributed by atoms with Crippen LogP contribution in [-0.4, -0.2) is 14.6 Å². The second-order valence-corrected chi connectivity index (χ2v) is 3.87. The van der Waals surface area contributed by atoms with Crippen LogP contribution in [0.5, 0.6) is 0 Å². The lowest BCUT2D eigenvalue weighted by Gasteiger charge is -2.07. The van der Waals surface area contributed by atoms with Crippen LogP contribution < -0.4 is 0 Å². The van der Waals surface area contributed by atoms with Crippen molar-refractivity contribution >= 4 is 5.65 Å². The second kappa shape index (κ2) is 4.14. The maximum absolute atomic E-state index is 14.0.